The van der Waals surface area contributed by atoms with Gasteiger partial charge < -0.3 is 14.4 Å². The normalized spacial score (nSPS) is 10.8. The van der Waals surface area contributed by atoms with E-state index in [0.29, 0.717) is 0 Å². The van der Waals surface area contributed by atoms with Gasteiger partial charge in [0.05, 0.1) is 5.75 Å². The maximum atomic E-state index is 10.6. The van der Waals surface area contributed by atoms with Gasteiger partial charge >= 0.3 is 5.97 Å². The van der Waals surface area contributed by atoms with Crippen LogP contribution in [0.25, 0.3) is 0 Å². The van der Waals surface area contributed by atoms with Crippen LogP contribution in [0, 0.1) is 6.92 Å². The Bertz CT molecular complexity index is 393. The van der Waals surface area contributed by atoms with Crippen LogP contribution in [0.2, 0.25) is 0 Å². The van der Waals surface area contributed by atoms with Gasteiger partial charge in [0.15, 0.2) is 5.16 Å². The van der Waals surface area contributed by atoms with E-state index >= 15 is 0 Å². The first-order valence-electron chi connectivity index (χ1n) is 6.59. The highest BCUT2D eigenvalue weighted by Gasteiger charge is 2.09. The van der Waals surface area contributed by atoms with Gasteiger partial charge in [-0.3, -0.25) is 4.79 Å². The summed E-state index contributed by atoms with van der Waals surface area (Å²) in [6, 6.07) is 0. The fourth-order valence-corrected chi connectivity index (χ4v) is 2.40. The van der Waals surface area contributed by atoms with Crippen LogP contribution in [0.1, 0.15) is 31.9 Å². The molecule has 0 amide bonds. The molecule has 0 aliphatic heterocycles. The Morgan fingerprint density at radius 1 is 1.47 bits per heavy atom. The lowest BCUT2D eigenvalue weighted by molar-refractivity contribution is -0.133. The molecule has 0 aromatic carbocycles. The van der Waals surface area contributed by atoms with E-state index in [9.17, 15) is 4.79 Å². The Kier molecular flexibility index (Phi) is 7.59. The molecular weight excluding hydrogens is 264 g/mol. The van der Waals surface area contributed by atoms with Gasteiger partial charge in [0.25, 0.3) is 0 Å². The third kappa shape index (κ3) is 6.11. The van der Waals surface area contributed by atoms with Crippen LogP contribution in [0.3, 0.4) is 0 Å². The van der Waals surface area contributed by atoms with Crippen molar-refractivity contribution < 1.29 is 14.6 Å². The number of aromatic nitrogens is 2. The third-order valence-corrected chi connectivity index (χ3v) is 3.63. The van der Waals surface area contributed by atoms with Gasteiger partial charge in [-0.1, -0.05) is 25.1 Å². The number of thioether (sulfide) groups is 1. The number of imidazole rings is 1. The Morgan fingerprint density at radius 3 is 2.89 bits per heavy atom. The molecule has 108 valence electrons. The van der Waals surface area contributed by atoms with Crippen LogP contribution in [0.4, 0.5) is 0 Å². The number of rotatable bonds is 10. The molecule has 0 unspecified atom stereocenters. The molecule has 0 fully saturated rings. The van der Waals surface area contributed by atoms with Crippen molar-refractivity contribution in [3.8, 4) is 0 Å². The molecule has 1 aromatic rings. The molecule has 0 bridgehead atoms. The Labute approximate surface area is 118 Å². The lowest BCUT2D eigenvalue weighted by Crippen LogP contribution is -2.07. The topological polar surface area (TPSA) is 64.4 Å². The average Bonchev–Trinajstić information content (AvgIpc) is 2.72. The van der Waals surface area contributed by atoms with Gasteiger partial charge in [-0.25, -0.2) is 4.98 Å². The minimum absolute atomic E-state index is 0.0451. The minimum atomic E-state index is -0.819. The van der Waals surface area contributed by atoms with Crippen molar-refractivity contribution >= 4 is 17.7 Å². The number of aryl methyl sites for hydroxylation is 1. The number of hydrogen-bond donors (Lipinski definition) is 1. The summed E-state index contributed by atoms with van der Waals surface area (Å²) in [5, 5.41) is 9.46. The molecule has 0 atom stereocenters. The highest BCUT2D eigenvalue weighted by molar-refractivity contribution is 7.99. The first kappa shape index (κ1) is 16.0. The lowest BCUT2D eigenvalue weighted by atomic mass is 10.3. The van der Waals surface area contributed by atoms with Gasteiger partial charge in [-0.15, -0.1) is 0 Å². The van der Waals surface area contributed by atoms with E-state index < -0.39 is 5.97 Å². The molecule has 0 spiro atoms. The number of nitrogens with zero attached hydrogens (tertiary/aromatic N) is 2. The van der Waals surface area contributed by atoms with Crippen molar-refractivity contribution in [1.29, 1.82) is 0 Å². The summed E-state index contributed by atoms with van der Waals surface area (Å²) in [5.74, 6) is -0.774. The van der Waals surface area contributed by atoms with Crippen molar-refractivity contribution in [1.82, 2.24) is 9.55 Å². The molecule has 0 radical (unpaired) electrons. The van der Waals surface area contributed by atoms with E-state index in [-0.39, 0.29) is 5.75 Å². The first-order valence-corrected chi connectivity index (χ1v) is 7.58. The summed E-state index contributed by atoms with van der Waals surface area (Å²) < 4.78 is 7.57. The highest BCUT2D eigenvalue weighted by Crippen LogP contribution is 2.18. The number of aliphatic carboxylic acids is 1. The summed E-state index contributed by atoms with van der Waals surface area (Å²) in [4.78, 5) is 14.8. The lowest BCUT2D eigenvalue weighted by Gasteiger charge is -2.09. The molecule has 1 heterocycles. The molecule has 0 saturated heterocycles. The number of carboxylic acid groups (broad SMARTS) is 1. The van der Waals surface area contributed by atoms with Crippen LogP contribution in [0.5, 0.6) is 0 Å². The molecule has 0 saturated carbocycles. The van der Waals surface area contributed by atoms with E-state index in [2.05, 4.69) is 16.5 Å². The molecule has 19 heavy (non-hydrogen) atoms. The third-order valence-electron chi connectivity index (χ3n) is 2.66. The summed E-state index contributed by atoms with van der Waals surface area (Å²) in [6.07, 6.45) is 4.95. The molecule has 1 N–H and O–H groups in total. The van der Waals surface area contributed by atoms with E-state index in [4.69, 9.17) is 9.84 Å². The van der Waals surface area contributed by atoms with Crippen LogP contribution < -0.4 is 0 Å². The van der Waals surface area contributed by atoms with Gasteiger partial charge in [-0.05, 0) is 19.8 Å². The molecule has 1 rings (SSSR count). The van der Waals surface area contributed by atoms with Gasteiger partial charge in [0.1, 0.15) is 0 Å². The van der Waals surface area contributed by atoms with Crippen molar-refractivity contribution in [3.05, 3.63) is 11.9 Å². The Hall–Kier alpha value is -1.01. The number of carbonyl (C=O) groups is 1. The Morgan fingerprint density at radius 2 is 2.21 bits per heavy atom. The quantitative estimate of drug-likeness (QED) is 0.529. The van der Waals surface area contributed by atoms with Crippen molar-refractivity contribution in [3.63, 3.8) is 0 Å². The summed E-state index contributed by atoms with van der Waals surface area (Å²) >= 11 is 1.26. The SMILES string of the molecule is CCCCOCCCn1c(C)cnc1SCC(=O)O. The molecule has 0 aliphatic rings. The van der Waals surface area contributed by atoms with Crippen molar-refractivity contribution in [2.24, 2.45) is 0 Å². The smallest absolute Gasteiger partial charge is 0.313 e. The zero-order valence-electron chi connectivity index (χ0n) is 11.6. The van der Waals surface area contributed by atoms with Crippen LogP contribution in [0.15, 0.2) is 11.4 Å². The van der Waals surface area contributed by atoms with Gasteiger partial charge in [0.2, 0.25) is 0 Å². The number of unbranched alkanes of at least 4 members (excludes halogenated alkanes) is 1. The van der Waals surface area contributed by atoms with E-state index in [1.54, 1.807) is 6.20 Å². The molecule has 0 aliphatic carbocycles. The van der Waals surface area contributed by atoms with Gasteiger partial charge in [-0.2, -0.15) is 0 Å². The van der Waals surface area contributed by atoms with E-state index in [1.165, 1.54) is 11.8 Å². The fourth-order valence-electron chi connectivity index (χ4n) is 1.63. The van der Waals surface area contributed by atoms with E-state index in [1.807, 2.05) is 6.92 Å². The average molecular weight is 286 g/mol. The molecular formula is C13H22N2O3S. The second kappa shape index (κ2) is 8.98. The second-order valence-corrected chi connectivity index (χ2v) is 5.28. The van der Waals surface area contributed by atoms with Crippen molar-refractivity contribution in [2.75, 3.05) is 19.0 Å². The molecule has 5 nitrogen and oxygen atoms in total. The minimum Gasteiger partial charge on any atom is -0.481 e. The second-order valence-electron chi connectivity index (χ2n) is 4.34. The molecule has 1 aromatic heterocycles. The standard InChI is InChI=1S/C13H22N2O3S/c1-3-4-7-18-8-5-6-15-11(2)9-14-13(15)19-10-12(16)17/h9H,3-8,10H2,1-2H3,(H,16,17). The maximum absolute atomic E-state index is 10.6. The largest absolute Gasteiger partial charge is 0.481 e. The highest BCUT2D eigenvalue weighted by atomic mass is 32.2. The summed E-state index contributed by atoms with van der Waals surface area (Å²) in [6.45, 7) is 6.50. The zero-order valence-corrected chi connectivity index (χ0v) is 12.4. The summed E-state index contributed by atoms with van der Waals surface area (Å²) in [5.41, 5.74) is 1.06. The van der Waals surface area contributed by atoms with Crippen LogP contribution >= 0.6 is 11.8 Å². The van der Waals surface area contributed by atoms with E-state index in [0.717, 1.165) is 49.9 Å². The van der Waals surface area contributed by atoms with Crippen LogP contribution in [-0.4, -0.2) is 39.6 Å². The predicted molar refractivity (Wildman–Crippen MR) is 75.7 cm³/mol. The predicted octanol–water partition coefficient (Wildman–Crippen LogP) is 2.58. The zero-order chi connectivity index (χ0) is 14.1. The van der Waals surface area contributed by atoms with Crippen LogP contribution in [-0.2, 0) is 16.1 Å². The number of hydrogen-bond acceptors (Lipinski definition) is 4. The Balaban J connectivity index is 2.35. The molecule has 6 heteroatoms. The number of ether oxygens (including phenoxy) is 1. The summed E-state index contributed by atoms with van der Waals surface area (Å²) in [7, 11) is 0. The van der Waals surface area contributed by atoms with Crippen molar-refractivity contribution in [2.45, 2.75) is 44.8 Å². The number of carboxylic acids is 1. The first-order chi connectivity index (χ1) is 9.15. The monoisotopic (exact) mass is 286 g/mol. The fraction of sp³-hybridized carbons (Fsp3) is 0.692. The maximum Gasteiger partial charge on any atom is 0.313 e. The van der Waals surface area contributed by atoms with Gasteiger partial charge in [0, 0.05) is 31.6 Å².